The number of H-pyrrole nitrogens is 1. The van der Waals surface area contributed by atoms with Crippen LogP contribution in [0.5, 0.6) is 0 Å². The first-order chi connectivity index (χ1) is 8.84. The third-order valence-electron chi connectivity index (χ3n) is 3.31. The zero-order chi connectivity index (χ0) is 12.4. The predicted molar refractivity (Wildman–Crippen MR) is 68.1 cm³/mol. The van der Waals surface area contributed by atoms with Crippen LogP contribution in [0, 0.1) is 5.92 Å². The van der Waals surface area contributed by atoms with Gasteiger partial charge >= 0.3 is 0 Å². The molecule has 0 aliphatic carbocycles. The standard InChI is InChI=1S/C12H15N5O/c18-12(8-1-4-13-5-2-8)17-11-9-3-6-14-10(9)15-7-16-11/h3,6-8,13H,1-2,4-5H2,(H2,14,15,16,17,18). The lowest BCUT2D eigenvalue weighted by atomic mass is 9.97. The maximum absolute atomic E-state index is 12.1. The number of hydrogen-bond acceptors (Lipinski definition) is 4. The van der Waals surface area contributed by atoms with Gasteiger partial charge in [0.15, 0.2) is 0 Å². The van der Waals surface area contributed by atoms with Crippen molar-refractivity contribution >= 4 is 22.8 Å². The van der Waals surface area contributed by atoms with Gasteiger partial charge < -0.3 is 15.6 Å². The maximum Gasteiger partial charge on any atom is 0.228 e. The first-order valence-corrected chi connectivity index (χ1v) is 6.14. The molecular formula is C12H15N5O. The zero-order valence-corrected chi connectivity index (χ0v) is 9.94. The Hall–Kier alpha value is -1.95. The zero-order valence-electron chi connectivity index (χ0n) is 9.94. The lowest BCUT2D eigenvalue weighted by Gasteiger charge is -2.21. The third kappa shape index (κ3) is 2.06. The molecule has 1 fully saturated rings. The Bertz CT molecular complexity index is 558. The van der Waals surface area contributed by atoms with E-state index in [1.165, 1.54) is 6.33 Å². The second kappa shape index (κ2) is 4.73. The third-order valence-corrected chi connectivity index (χ3v) is 3.31. The van der Waals surface area contributed by atoms with Crippen molar-refractivity contribution in [3.8, 4) is 0 Å². The number of anilines is 1. The minimum atomic E-state index is 0.0534. The lowest BCUT2D eigenvalue weighted by molar-refractivity contribution is -0.120. The highest BCUT2D eigenvalue weighted by atomic mass is 16.1. The Morgan fingerprint density at radius 3 is 3.00 bits per heavy atom. The number of aromatic amines is 1. The van der Waals surface area contributed by atoms with E-state index in [0.29, 0.717) is 5.82 Å². The fraction of sp³-hybridized carbons (Fsp3) is 0.417. The summed E-state index contributed by atoms with van der Waals surface area (Å²) < 4.78 is 0. The molecule has 0 radical (unpaired) electrons. The highest BCUT2D eigenvalue weighted by Crippen LogP contribution is 2.20. The molecule has 0 unspecified atom stereocenters. The summed E-state index contributed by atoms with van der Waals surface area (Å²) in [6.45, 7) is 1.81. The summed E-state index contributed by atoms with van der Waals surface area (Å²) in [6, 6.07) is 1.87. The van der Waals surface area contributed by atoms with Crippen LogP contribution < -0.4 is 10.6 Å². The summed E-state index contributed by atoms with van der Waals surface area (Å²) in [5.41, 5.74) is 0.741. The average molecular weight is 245 g/mol. The first kappa shape index (κ1) is 11.2. The van der Waals surface area contributed by atoms with Crippen molar-refractivity contribution in [3.05, 3.63) is 18.6 Å². The van der Waals surface area contributed by atoms with E-state index in [4.69, 9.17) is 0 Å². The highest BCUT2D eigenvalue weighted by Gasteiger charge is 2.21. The van der Waals surface area contributed by atoms with Crippen LogP contribution in [0.25, 0.3) is 11.0 Å². The van der Waals surface area contributed by atoms with E-state index >= 15 is 0 Å². The van der Waals surface area contributed by atoms with Crippen molar-refractivity contribution in [1.29, 1.82) is 0 Å². The number of rotatable bonds is 2. The maximum atomic E-state index is 12.1. The molecule has 18 heavy (non-hydrogen) atoms. The molecule has 1 aliphatic rings. The molecular weight excluding hydrogens is 230 g/mol. The summed E-state index contributed by atoms with van der Waals surface area (Å²) in [5, 5.41) is 7.00. The van der Waals surface area contributed by atoms with E-state index in [-0.39, 0.29) is 11.8 Å². The van der Waals surface area contributed by atoms with Crippen LogP contribution in [-0.2, 0) is 4.79 Å². The molecule has 2 aromatic rings. The number of nitrogens with one attached hydrogen (secondary N) is 3. The molecule has 3 heterocycles. The van der Waals surface area contributed by atoms with E-state index in [1.54, 1.807) is 6.20 Å². The van der Waals surface area contributed by atoms with Gasteiger partial charge in [0.1, 0.15) is 17.8 Å². The summed E-state index contributed by atoms with van der Waals surface area (Å²) in [4.78, 5) is 23.4. The Balaban J connectivity index is 1.79. The average Bonchev–Trinajstić information content (AvgIpc) is 2.89. The van der Waals surface area contributed by atoms with Gasteiger partial charge in [-0.15, -0.1) is 0 Å². The summed E-state index contributed by atoms with van der Waals surface area (Å²) >= 11 is 0. The van der Waals surface area contributed by atoms with E-state index in [0.717, 1.165) is 37.0 Å². The van der Waals surface area contributed by atoms with Crippen molar-refractivity contribution in [3.63, 3.8) is 0 Å². The first-order valence-electron chi connectivity index (χ1n) is 6.14. The minimum absolute atomic E-state index is 0.0534. The van der Waals surface area contributed by atoms with Gasteiger partial charge in [0.2, 0.25) is 5.91 Å². The molecule has 3 N–H and O–H groups in total. The van der Waals surface area contributed by atoms with Crippen molar-refractivity contribution in [2.75, 3.05) is 18.4 Å². The van der Waals surface area contributed by atoms with Gasteiger partial charge in [-0.2, -0.15) is 0 Å². The summed E-state index contributed by atoms with van der Waals surface area (Å²) in [7, 11) is 0. The monoisotopic (exact) mass is 245 g/mol. The van der Waals surface area contributed by atoms with Crippen molar-refractivity contribution in [2.45, 2.75) is 12.8 Å². The SMILES string of the molecule is O=C(Nc1ncnc2[nH]ccc12)C1CCNCC1. The number of hydrogen-bond donors (Lipinski definition) is 3. The largest absolute Gasteiger partial charge is 0.346 e. The van der Waals surface area contributed by atoms with Crippen LogP contribution in [0.4, 0.5) is 5.82 Å². The fourth-order valence-corrected chi connectivity index (χ4v) is 2.27. The van der Waals surface area contributed by atoms with Gasteiger partial charge in [0.25, 0.3) is 0 Å². The van der Waals surface area contributed by atoms with Crippen molar-refractivity contribution in [1.82, 2.24) is 20.3 Å². The Morgan fingerprint density at radius 1 is 1.33 bits per heavy atom. The Kier molecular flexibility index (Phi) is 2.93. The van der Waals surface area contributed by atoms with E-state index in [9.17, 15) is 4.79 Å². The minimum Gasteiger partial charge on any atom is -0.346 e. The second-order valence-corrected chi connectivity index (χ2v) is 4.48. The van der Waals surface area contributed by atoms with Crippen molar-refractivity contribution in [2.24, 2.45) is 5.92 Å². The van der Waals surface area contributed by atoms with E-state index < -0.39 is 0 Å². The van der Waals surface area contributed by atoms with E-state index in [1.807, 2.05) is 6.07 Å². The Labute approximate surface area is 104 Å². The van der Waals surface area contributed by atoms with Gasteiger partial charge in [0.05, 0.1) is 5.39 Å². The van der Waals surface area contributed by atoms with Gasteiger partial charge in [-0.3, -0.25) is 4.79 Å². The number of carbonyl (C=O) groups excluding carboxylic acids is 1. The molecule has 0 spiro atoms. The quantitative estimate of drug-likeness (QED) is 0.734. The summed E-state index contributed by atoms with van der Waals surface area (Å²) in [6.07, 6.45) is 5.01. The normalized spacial score (nSPS) is 16.9. The van der Waals surface area contributed by atoms with Crippen LogP contribution in [-0.4, -0.2) is 33.9 Å². The molecule has 6 nitrogen and oxygen atoms in total. The number of carbonyl (C=O) groups is 1. The molecule has 1 saturated heterocycles. The van der Waals surface area contributed by atoms with Crippen LogP contribution in [0.2, 0.25) is 0 Å². The van der Waals surface area contributed by atoms with Gasteiger partial charge in [-0.25, -0.2) is 9.97 Å². The number of nitrogens with zero attached hydrogens (tertiary/aromatic N) is 2. The smallest absolute Gasteiger partial charge is 0.228 e. The lowest BCUT2D eigenvalue weighted by Crippen LogP contribution is -2.34. The number of amides is 1. The summed E-state index contributed by atoms with van der Waals surface area (Å²) in [5.74, 6) is 0.720. The molecule has 6 heteroatoms. The van der Waals surface area contributed by atoms with Gasteiger partial charge in [-0.05, 0) is 32.0 Å². The fourth-order valence-electron chi connectivity index (χ4n) is 2.27. The van der Waals surface area contributed by atoms with Gasteiger partial charge in [0, 0.05) is 12.1 Å². The second-order valence-electron chi connectivity index (χ2n) is 4.48. The van der Waals surface area contributed by atoms with Crippen LogP contribution >= 0.6 is 0 Å². The van der Waals surface area contributed by atoms with Crippen LogP contribution in [0.1, 0.15) is 12.8 Å². The Morgan fingerprint density at radius 2 is 2.17 bits per heavy atom. The molecule has 1 amide bonds. The van der Waals surface area contributed by atoms with E-state index in [2.05, 4.69) is 25.6 Å². The number of aromatic nitrogens is 3. The molecule has 0 saturated carbocycles. The number of fused-ring (bicyclic) bond motifs is 1. The topological polar surface area (TPSA) is 82.7 Å². The molecule has 0 aromatic carbocycles. The molecule has 94 valence electrons. The van der Waals surface area contributed by atoms with Gasteiger partial charge in [-0.1, -0.05) is 0 Å². The molecule has 0 bridgehead atoms. The number of piperidine rings is 1. The molecule has 0 atom stereocenters. The highest BCUT2D eigenvalue weighted by molar-refractivity contribution is 5.99. The predicted octanol–water partition coefficient (Wildman–Crippen LogP) is 0.896. The molecule has 2 aromatic heterocycles. The van der Waals surface area contributed by atoms with Crippen LogP contribution in [0.3, 0.4) is 0 Å². The molecule has 1 aliphatic heterocycles. The van der Waals surface area contributed by atoms with Crippen molar-refractivity contribution < 1.29 is 4.79 Å². The van der Waals surface area contributed by atoms with Crippen LogP contribution in [0.15, 0.2) is 18.6 Å². The molecule has 3 rings (SSSR count).